The Morgan fingerprint density at radius 3 is 2.74 bits per heavy atom. The molecule has 0 radical (unpaired) electrons. The monoisotopic (exact) mass is 271 g/mol. The quantitative estimate of drug-likeness (QED) is 0.454. The van der Waals surface area contributed by atoms with Crippen LogP contribution in [0.25, 0.3) is 0 Å². The van der Waals surface area contributed by atoms with Crippen molar-refractivity contribution in [1.29, 1.82) is 0 Å². The number of aryl methyl sites for hydroxylation is 1. The number of carbonyl (C=O) groups excluding carboxylic acids is 1. The lowest BCUT2D eigenvalue weighted by atomic mass is 10.3. The maximum atomic E-state index is 11.0. The molecule has 19 heavy (non-hydrogen) atoms. The third-order valence-corrected chi connectivity index (χ3v) is 2.36. The fourth-order valence-corrected chi connectivity index (χ4v) is 1.62. The summed E-state index contributed by atoms with van der Waals surface area (Å²) in [6, 6.07) is -0.0352. The van der Waals surface area contributed by atoms with Gasteiger partial charge in [-0.05, 0) is 20.8 Å². The van der Waals surface area contributed by atoms with Crippen LogP contribution in [-0.2, 0) is 4.74 Å². The van der Waals surface area contributed by atoms with Crippen LogP contribution >= 0.6 is 0 Å². The van der Waals surface area contributed by atoms with Crippen LogP contribution in [0.4, 0.5) is 16.3 Å². The van der Waals surface area contributed by atoms with Crippen LogP contribution in [0.5, 0.6) is 0 Å². The smallest absolute Gasteiger partial charge is 0.404 e. The molecule has 0 fully saturated rings. The second-order valence-corrected chi connectivity index (χ2v) is 4.17. The van der Waals surface area contributed by atoms with Crippen molar-refractivity contribution in [1.82, 2.24) is 9.78 Å². The molecule has 0 aliphatic rings. The zero-order valence-electron chi connectivity index (χ0n) is 11.0. The number of aromatic nitrogens is 2. The van der Waals surface area contributed by atoms with E-state index in [0.29, 0.717) is 11.5 Å². The minimum Gasteiger partial charge on any atom is -0.448 e. The van der Waals surface area contributed by atoms with E-state index in [2.05, 4.69) is 15.2 Å². The van der Waals surface area contributed by atoms with Gasteiger partial charge in [0, 0.05) is 6.04 Å². The maximum absolute atomic E-state index is 11.0. The van der Waals surface area contributed by atoms with Crippen molar-refractivity contribution < 1.29 is 14.5 Å². The van der Waals surface area contributed by atoms with Gasteiger partial charge in [-0.25, -0.2) is 9.48 Å². The fourth-order valence-electron chi connectivity index (χ4n) is 1.62. The second-order valence-electron chi connectivity index (χ2n) is 4.17. The summed E-state index contributed by atoms with van der Waals surface area (Å²) >= 11 is 0. The summed E-state index contributed by atoms with van der Waals surface area (Å²) < 4.78 is 6.07. The molecular weight excluding hydrogens is 254 g/mol. The van der Waals surface area contributed by atoms with E-state index in [-0.39, 0.29) is 24.9 Å². The summed E-state index contributed by atoms with van der Waals surface area (Å²) in [6.45, 7) is 5.53. The van der Waals surface area contributed by atoms with Gasteiger partial charge in [-0.3, -0.25) is 10.1 Å². The Kier molecular flexibility index (Phi) is 4.67. The molecule has 0 saturated carbocycles. The minimum atomic E-state index is -0.884. The summed E-state index contributed by atoms with van der Waals surface area (Å²) in [5, 5.41) is 18.0. The fraction of sp³-hybridized carbons (Fsp3) is 0.600. The molecule has 0 aliphatic carbocycles. The number of hydrogen-bond donors (Lipinski definition) is 2. The number of rotatable bonds is 6. The Balaban J connectivity index is 2.89. The van der Waals surface area contributed by atoms with Crippen LogP contribution < -0.4 is 11.1 Å². The largest absolute Gasteiger partial charge is 0.448 e. The zero-order chi connectivity index (χ0) is 14.6. The van der Waals surface area contributed by atoms with E-state index in [1.165, 1.54) is 4.68 Å². The predicted octanol–water partition coefficient (Wildman–Crippen LogP) is 1.19. The van der Waals surface area contributed by atoms with Gasteiger partial charge in [0.25, 0.3) is 0 Å². The van der Waals surface area contributed by atoms with Crippen molar-refractivity contribution in [3.63, 3.8) is 0 Å². The first-order valence-corrected chi connectivity index (χ1v) is 5.74. The van der Waals surface area contributed by atoms with E-state index in [0.717, 1.165) is 0 Å². The molecule has 9 heteroatoms. The lowest BCUT2D eigenvalue weighted by molar-refractivity contribution is -0.384. The Morgan fingerprint density at radius 1 is 1.63 bits per heavy atom. The van der Waals surface area contributed by atoms with Crippen molar-refractivity contribution in [2.45, 2.75) is 26.8 Å². The molecule has 3 N–H and O–H groups in total. The predicted molar refractivity (Wildman–Crippen MR) is 68.0 cm³/mol. The minimum absolute atomic E-state index is 0.0226. The zero-order valence-corrected chi connectivity index (χ0v) is 11.0. The van der Waals surface area contributed by atoms with Crippen LogP contribution in [-0.4, -0.2) is 33.9 Å². The van der Waals surface area contributed by atoms with Gasteiger partial charge in [0.05, 0.1) is 11.5 Å². The van der Waals surface area contributed by atoms with Crippen LogP contribution in [0.1, 0.15) is 25.6 Å². The summed E-state index contributed by atoms with van der Waals surface area (Å²) in [5.41, 5.74) is 5.07. The molecule has 0 saturated heterocycles. The number of hydrogen-bond acceptors (Lipinski definition) is 6. The highest BCUT2D eigenvalue weighted by atomic mass is 16.6. The van der Waals surface area contributed by atoms with E-state index in [1.807, 2.05) is 13.8 Å². The van der Waals surface area contributed by atoms with Crippen LogP contribution in [0.2, 0.25) is 0 Å². The molecular formula is C10H17N5O4. The van der Waals surface area contributed by atoms with E-state index in [1.54, 1.807) is 6.92 Å². The molecule has 0 atom stereocenters. The summed E-state index contributed by atoms with van der Waals surface area (Å²) in [5.74, 6) is 0.297. The summed E-state index contributed by atoms with van der Waals surface area (Å²) in [4.78, 5) is 21.0. The average Bonchev–Trinajstić information content (AvgIpc) is 2.61. The van der Waals surface area contributed by atoms with Gasteiger partial charge in [-0.15, -0.1) is 0 Å². The van der Waals surface area contributed by atoms with Gasteiger partial charge in [-0.1, -0.05) is 0 Å². The number of ether oxygens (including phenoxy) is 1. The first-order valence-electron chi connectivity index (χ1n) is 5.74. The topological polar surface area (TPSA) is 125 Å². The Labute approximate surface area is 109 Å². The van der Waals surface area contributed by atoms with Gasteiger partial charge in [0.15, 0.2) is 0 Å². The van der Waals surface area contributed by atoms with E-state index >= 15 is 0 Å². The van der Waals surface area contributed by atoms with Crippen molar-refractivity contribution in [2.75, 3.05) is 18.5 Å². The Hall–Kier alpha value is -2.32. The molecule has 1 aromatic rings. The van der Waals surface area contributed by atoms with Gasteiger partial charge in [0.2, 0.25) is 5.82 Å². The Bertz CT molecular complexity index is 483. The van der Waals surface area contributed by atoms with Gasteiger partial charge in [0.1, 0.15) is 12.3 Å². The molecule has 1 amide bonds. The number of nitrogens with zero attached hydrogens (tertiary/aromatic N) is 3. The molecule has 106 valence electrons. The summed E-state index contributed by atoms with van der Waals surface area (Å²) in [7, 11) is 0. The number of nitrogens with two attached hydrogens (primary N) is 1. The van der Waals surface area contributed by atoms with Crippen LogP contribution in [0.15, 0.2) is 0 Å². The third-order valence-electron chi connectivity index (χ3n) is 2.36. The molecule has 0 aromatic carbocycles. The normalized spacial score (nSPS) is 10.5. The van der Waals surface area contributed by atoms with Crippen LogP contribution in [0.3, 0.4) is 0 Å². The highest BCUT2D eigenvalue weighted by Gasteiger charge is 2.26. The SMILES string of the molecule is Cc1nn(C(C)C)c(NCCOC(N)=O)c1[N+](=O)[O-]. The standard InChI is InChI=1S/C10H17N5O4/c1-6(2)14-9(12-4-5-19-10(11)16)8(15(17)18)7(3)13-14/h6,12H,4-5H2,1-3H3,(H2,11,16). The number of carbonyl (C=O) groups is 1. The lowest BCUT2D eigenvalue weighted by Gasteiger charge is -2.11. The van der Waals surface area contributed by atoms with Crippen molar-refractivity contribution in [2.24, 2.45) is 5.73 Å². The molecule has 1 aromatic heterocycles. The van der Waals surface area contributed by atoms with Gasteiger partial charge < -0.3 is 15.8 Å². The Morgan fingerprint density at radius 2 is 2.26 bits per heavy atom. The van der Waals surface area contributed by atoms with Crippen LogP contribution in [0, 0.1) is 17.0 Å². The highest BCUT2D eigenvalue weighted by molar-refractivity contribution is 5.64. The average molecular weight is 271 g/mol. The first-order chi connectivity index (χ1) is 8.84. The highest BCUT2D eigenvalue weighted by Crippen LogP contribution is 2.30. The van der Waals surface area contributed by atoms with Gasteiger partial charge >= 0.3 is 11.8 Å². The number of primary amides is 1. The first kappa shape index (κ1) is 14.7. The summed E-state index contributed by atoms with van der Waals surface area (Å²) in [6.07, 6.45) is -0.884. The number of amides is 1. The number of nitro groups is 1. The molecule has 0 aliphatic heterocycles. The van der Waals surface area contributed by atoms with E-state index in [9.17, 15) is 14.9 Å². The molecule has 0 unspecified atom stereocenters. The maximum Gasteiger partial charge on any atom is 0.404 e. The molecule has 1 rings (SSSR count). The number of nitrogens with one attached hydrogen (secondary N) is 1. The molecule has 1 heterocycles. The van der Waals surface area contributed by atoms with Gasteiger partial charge in [-0.2, -0.15) is 5.10 Å². The molecule has 9 nitrogen and oxygen atoms in total. The molecule has 0 bridgehead atoms. The van der Waals surface area contributed by atoms with Crippen molar-refractivity contribution >= 4 is 17.6 Å². The van der Waals surface area contributed by atoms with Crippen molar-refractivity contribution in [3.8, 4) is 0 Å². The lowest BCUT2D eigenvalue weighted by Crippen LogP contribution is -2.20. The second kappa shape index (κ2) is 6.03. The van der Waals surface area contributed by atoms with E-state index < -0.39 is 11.0 Å². The number of anilines is 1. The van der Waals surface area contributed by atoms with Crippen molar-refractivity contribution in [3.05, 3.63) is 15.8 Å². The van der Waals surface area contributed by atoms with E-state index in [4.69, 9.17) is 5.73 Å². The molecule has 0 spiro atoms. The third kappa shape index (κ3) is 3.57.